The summed E-state index contributed by atoms with van der Waals surface area (Å²) in [5.74, 6) is -1.20. The highest BCUT2D eigenvalue weighted by molar-refractivity contribution is 6.27. The number of aromatic nitrogens is 1. The van der Waals surface area contributed by atoms with Crippen LogP contribution in [0.3, 0.4) is 0 Å². The summed E-state index contributed by atoms with van der Waals surface area (Å²) in [5.41, 5.74) is 5.22. The number of fused-ring (bicyclic) bond motifs is 3. The molecule has 0 fully saturated rings. The van der Waals surface area contributed by atoms with Gasteiger partial charge in [0.2, 0.25) is 0 Å². The quantitative estimate of drug-likeness (QED) is 0.693. The van der Waals surface area contributed by atoms with Crippen molar-refractivity contribution in [3.05, 3.63) is 70.4 Å². The van der Waals surface area contributed by atoms with Gasteiger partial charge >= 0.3 is 0 Å². The average Bonchev–Trinajstić information content (AvgIpc) is 2.95. The van der Waals surface area contributed by atoms with E-state index in [9.17, 15) is 14.4 Å². The van der Waals surface area contributed by atoms with Crippen LogP contribution >= 0.6 is 0 Å². The molecule has 0 saturated heterocycles. The van der Waals surface area contributed by atoms with Crippen molar-refractivity contribution >= 4 is 28.6 Å². The number of rotatable bonds is 4. The van der Waals surface area contributed by atoms with Crippen LogP contribution in [0.1, 0.15) is 49.3 Å². The summed E-state index contributed by atoms with van der Waals surface area (Å²) in [6.45, 7) is 5.88. The summed E-state index contributed by atoms with van der Waals surface area (Å²) in [5, 5.41) is 1.36. The molecule has 1 aliphatic rings. The van der Waals surface area contributed by atoms with Crippen LogP contribution in [0.2, 0.25) is 0 Å². The molecule has 3 amide bonds. The predicted octanol–water partition coefficient (Wildman–Crippen LogP) is 3.19. The molecule has 2 heterocycles. The summed E-state index contributed by atoms with van der Waals surface area (Å²) in [7, 11) is 0. The number of carbonyl (C=O) groups excluding carboxylic acids is 3. The third kappa shape index (κ3) is 3.10. The van der Waals surface area contributed by atoms with Gasteiger partial charge in [-0.2, -0.15) is 5.01 Å². The highest BCUT2D eigenvalue weighted by Gasteiger charge is 2.40. The Morgan fingerprint density at radius 1 is 1.07 bits per heavy atom. The smallest absolute Gasteiger partial charge is 0.282 e. The number of imide groups is 1. The van der Waals surface area contributed by atoms with Crippen LogP contribution < -0.4 is 10.2 Å². The fourth-order valence-electron chi connectivity index (χ4n) is 3.46. The normalized spacial score (nSPS) is 13.0. The maximum absolute atomic E-state index is 13.1. The molecule has 3 aromatic rings. The molecule has 29 heavy (non-hydrogen) atoms. The number of nitrogens with one attached hydrogen (secondary N) is 1. The van der Waals surface area contributed by atoms with Gasteiger partial charge in [0, 0.05) is 10.9 Å². The molecule has 0 aliphatic carbocycles. The Balaban J connectivity index is 1.70. The number of nitrogens with zero attached hydrogens (tertiary/aromatic N) is 2. The first kappa shape index (κ1) is 18.6. The lowest BCUT2D eigenvalue weighted by Gasteiger charge is -2.15. The Bertz CT molecular complexity index is 1190. The molecule has 0 unspecified atom stereocenters. The van der Waals surface area contributed by atoms with Crippen molar-refractivity contribution in [1.29, 1.82) is 0 Å². The molecule has 1 aromatic heterocycles. The standard InChI is InChI=1S/C22H19N3O4/c1-4-29-15-7-5-6-14(11-15)20(26)24-25-21(27)18-13(3)23-17-9-8-12(2)10-16(17)19(18)22(25)28/h5-11H,4H2,1-3H3,(H,24,26). The predicted molar refractivity (Wildman–Crippen MR) is 107 cm³/mol. The zero-order valence-electron chi connectivity index (χ0n) is 16.3. The summed E-state index contributed by atoms with van der Waals surface area (Å²) in [4.78, 5) is 43.1. The summed E-state index contributed by atoms with van der Waals surface area (Å²) in [6.07, 6.45) is 0. The number of amides is 3. The molecule has 0 bridgehead atoms. The van der Waals surface area contributed by atoms with Crippen LogP contribution in [0.15, 0.2) is 42.5 Å². The number of aryl methyl sites for hydroxylation is 2. The van der Waals surface area contributed by atoms with Crippen LogP contribution in [0.25, 0.3) is 10.9 Å². The van der Waals surface area contributed by atoms with Crippen LogP contribution in [-0.4, -0.2) is 34.3 Å². The van der Waals surface area contributed by atoms with Crippen molar-refractivity contribution in [2.45, 2.75) is 20.8 Å². The lowest BCUT2D eigenvalue weighted by molar-refractivity contribution is 0.0518. The number of hydrogen-bond acceptors (Lipinski definition) is 5. The highest BCUT2D eigenvalue weighted by atomic mass is 16.5. The number of hydrogen-bond donors (Lipinski definition) is 1. The van der Waals surface area contributed by atoms with Crippen LogP contribution in [-0.2, 0) is 0 Å². The van der Waals surface area contributed by atoms with Gasteiger partial charge in [0.25, 0.3) is 17.7 Å². The van der Waals surface area contributed by atoms with E-state index in [1.165, 1.54) is 0 Å². The van der Waals surface area contributed by atoms with Gasteiger partial charge < -0.3 is 4.74 Å². The van der Waals surface area contributed by atoms with Crippen LogP contribution in [0, 0.1) is 13.8 Å². The summed E-state index contributed by atoms with van der Waals surface area (Å²) >= 11 is 0. The lowest BCUT2D eigenvalue weighted by atomic mass is 10.0. The van der Waals surface area contributed by atoms with E-state index >= 15 is 0 Å². The Morgan fingerprint density at radius 3 is 2.59 bits per heavy atom. The first-order chi connectivity index (χ1) is 13.9. The Hall–Kier alpha value is -3.74. The van der Waals surface area contributed by atoms with Gasteiger partial charge in [-0.3, -0.25) is 24.8 Å². The largest absolute Gasteiger partial charge is 0.494 e. The summed E-state index contributed by atoms with van der Waals surface area (Å²) in [6, 6.07) is 12.1. The first-order valence-electron chi connectivity index (χ1n) is 9.24. The van der Waals surface area contributed by atoms with Gasteiger partial charge in [0.05, 0.1) is 28.9 Å². The third-order valence-corrected chi connectivity index (χ3v) is 4.78. The fraction of sp³-hybridized carbons (Fsp3) is 0.182. The van der Waals surface area contributed by atoms with E-state index in [1.807, 2.05) is 32.0 Å². The van der Waals surface area contributed by atoms with E-state index in [0.29, 0.717) is 29.0 Å². The molecule has 4 rings (SSSR count). The van der Waals surface area contributed by atoms with E-state index in [-0.39, 0.29) is 16.7 Å². The van der Waals surface area contributed by atoms with Crippen LogP contribution in [0.4, 0.5) is 0 Å². The number of hydrazine groups is 1. The molecule has 7 nitrogen and oxygen atoms in total. The van der Waals surface area contributed by atoms with Crippen molar-refractivity contribution in [1.82, 2.24) is 15.4 Å². The second-order valence-corrected chi connectivity index (χ2v) is 6.82. The van der Waals surface area contributed by atoms with Gasteiger partial charge in [-0.15, -0.1) is 0 Å². The monoisotopic (exact) mass is 389 g/mol. The summed E-state index contributed by atoms with van der Waals surface area (Å²) < 4.78 is 5.40. The van der Waals surface area contributed by atoms with Crippen molar-refractivity contribution in [3.8, 4) is 5.75 Å². The molecule has 146 valence electrons. The highest BCUT2D eigenvalue weighted by Crippen LogP contribution is 2.31. The zero-order valence-corrected chi connectivity index (χ0v) is 16.3. The number of pyridine rings is 1. The first-order valence-corrected chi connectivity index (χ1v) is 9.24. The number of benzene rings is 2. The second kappa shape index (κ2) is 7.01. The minimum Gasteiger partial charge on any atom is -0.494 e. The van der Waals surface area contributed by atoms with E-state index in [4.69, 9.17) is 4.74 Å². The molecular formula is C22H19N3O4. The van der Waals surface area contributed by atoms with Gasteiger partial charge in [-0.1, -0.05) is 17.7 Å². The van der Waals surface area contributed by atoms with Crippen molar-refractivity contribution < 1.29 is 19.1 Å². The molecule has 0 saturated carbocycles. The average molecular weight is 389 g/mol. The number of ether oxygens (including phenoxy) is 1. The maximum Gasteiger partial charge on any atom is 0.282 e. The molecular weight excluding hydrogens is 370 g/mol. The Kier molecular flexibility index (Phi) is 4.50. The molecule has 0 radical (unpaired) electrons. The molecule has 0 spiro atoms. The van der Waals surface area contributed by atoms with Crippen LogP contribution in [0.5, 0.6) is 5.75 Å². The maximum atomic E-state index is 13.1. The topological polar surface area (TPSA) is 88.6 Å². The molecule has 2 aromatic carbocycles. The minimum absolute atomic E-state index is 0.219. The van der Waals surface area contributed by atoms with Crippen molar-refractivity contribution in [2.24, 2.45) is 0 Å². The lowest BCUT2D eigenvalue weighted by Crippen LogP contribution is -2.45. The van der Waals surface area contributed by atoms with E-state index in [0.717, 1.165) is 10.6 Å². The zero-order chi connectivity index (χ0) is 20.7. The van der Waals surface area contributed by atoms with Gasteiger partial charge in [0.15, 0.2) is 0 Å². The molecule has 1 N–H and O–H groups in total. The van der Waals surface area contributed by atoms with E-state index in [1.54, 1.807) is 31.2 Å². The van der Waals surface area contributed by atoms with Gasteiger partial charge in [-0.05, 0) is 51.1 Å². The third-order valence-electron chi connectivity index (χ3n) is 4.78. The van der Waals surface area contributed by atoms with Crippen molar-refractivity contribution in [2.75, 3.05) is 6.61 Å². The molecule has 0 atom stereocenters. The Morgan fingerprint density at radius 2 is 1.83 bits per heavy atom. The van der Waals surface area contributed by atoms with Crippen molar-refractivity contribution in [3.63, 3.8) is 0 Å². The van der Waals surface area contributed by atoms with E-state index in [2.05, 4.69) is 10.4 Å². The minimum atomic E-state index is -0.590. The Labute approximate surface area is 167 Å². The van der Waals surface area contributed by atoms with E-state index < -0.39 is 17.7 Å². The SMILES string of the molecule is CCOc1cccc(C(=O)NN2C(=O)c3c(C)nc4ccc(C)cc4c3C2=O)c1. The molecule has 1 aliphatic heterocycles. The fourth-order valence-corrected chi connectivity index (χ4v) is 3.46. The second-order valence-electron chi connectivity index (χ2n) is 6.82. The van der Waals surface area contributed by atoms with Gasteiger partial charge in [0.1, 0.15) is 5.75 Å². The number of carbonyl (C=O) groups is 3. The van der Waals surface area contributed by atoms with Gasteiger partial charge in [-0.25, -0.2) is 0 Å². The molecule has 7 heteroatoms.